The molecular weight excluding hydrogens is 474 g/mol. The van der Waals surface area contributed by atoms with Gasteiger partial charge in [-0.05, 0) is 66.1 Å². The number of hydrogen-bond acceptors (Lipinski definition) is 5. The fourth-order valence-electron chi connectivity index (χ4n) is 2.75. The van der Waals surface area contributed by atoms with Gasteiger partial charge in [0.2, 0.25) is 0 Å². The molecule has 3 aromatic carbocycles. The second kappa shape index (κ2) is 11.1. The number of amides is 2. The highest BCUT2D eigenvalue weighted by Crippen LogP contribution is 2.28. The minimum absolute atomic E-state index is 0.417. The molecule has 0 aliphatic carbocycles. The standard InChI is InChI=1S/C24H22BrN3O4/c1-16-5-3-4-6-18(16)15-32-21-12-7-17(13-22(21)31-2)14-26-28-24(30)23(29)27-20-10-8-19(25)9-11-20/h3-14H,15H2,1-2H3,(H,27,29)(H,28,30)/b26-14+. The number of nitrogens with zero attached hydrogens (tertiary/aromatic N) is 1. The van der Waals surface area contributed by atoms with Crippen molar-refractivity contribution < 1.29 is 19.1 Å². The van der Waals surface area contributed by atoms with Gasteiger partial charge in [-0.2, -0.15) is 5.10 Å². The zero-order valence-corrected chi connectivity index (χ0v) is 19.2. The number of carbonyl (C=O) groups is 2. The minimum atomic E-state index is -0.880. The Bertz CT molecular complexity index is 1130. The molecule has 0 aliphatic heterocycles. The van der Waals surface area contributed by atoms with E-state index in [-0.39, 0.29) is 0 Å². The van der Waals surface area contributed by atoms with Crippen LogP contribution in [0.5, 0.6) is 11.5 Å². The molecule has 8 heteroatoms. The predicted molar refractivity (Wildman–Crippen MR) is 127 cm³/mol. The van der Waals surface area contributed by atoms with E-state index < -0.39 is 11.8 Å². The van der Waals surface area contributed by atoms with E-state index in [9.17, 15) is 9.59 Å². The molecule has 0 spiro atoms. The van der Waals surface area contributed by atoms with Gasteiger partial charge in [-0.3, -0.25) is 9.59 Å². The van der Waals surface area contributed by atoms with Crippen molar-refractivity contribution in [2.24, 2.45) is 5.10 Å². The molecule has 7 nitrogen and oxygen atoms in total. The first-order valence-corrected chi connectivity index (χ1v) is 10.5. The molecule has 0 unspecified atom stereocenters. The second-order valence-electron chi connectivity index (χ2n) is 6.79. The highest BCUT2D eigenvalue weighted by atomic mass is 79.9. The maximum atomic E-state index is 12.0. The van der Waals surface area contributed by atoms with Gasteiger partial charge in [0.15, 0.2) is 11.5 Å². The Morgan fingerprint density at radius 2 is 1.75 bits per heavy atom. The van der Waals surface area contributed by atoms with Gasteiger partial charge in [0.25, 0.3) is 0 Å². The molecule has 2 amide bonds. The lowest BCUT2D eigenvalue weighted by Gasteiger charge is -2.12. The molecule has 3 rings (SSSR count). The molecule has 0 aliphatic rings. The van der Waals surface area contributed by atoms with E-state index >= 15 is 0 Å². The van der Waals surface area contributed by atoms with Crippen LogP contribution < -0.4 is 20.2 Å². The van der Waals surface area contributed by atoms with Crippen molar-refractivity contribution in [1.29, 1.82) is 0 Å². The maximum Gasteiger partial charge on any atom is 0.329 e. The topological polar surface area (TPSA) is 89.0 Å². The summed E-state index contributed by atoms with van der Waals surface area (Å²) in [6, 6.07) is 20.1. The van der Waals surface area contributed by atoms with Crippen LogP contribution in [0.3, 0.4) is 0 Å². The average molecular weight is 496 g/mol. The van der Waals surface area contributed by atoms with Crippen LogP contribution in [0.25, 0.3) is 0 Å². The molecule has 0 atom stereocenters. The lowest BCUT2D eigenvalue weighted by molar-refractivity contribution is -0.136. The Morgan fingerprint density at radius 3 is 2.47 bits per heavy atom. The molecule has 0 heterocycles. The summed E-state index contributed by atoms with van der Waals surface area (Å²) in [5.41, 5.74) is 5.61. The van der Waals surface area contributed by atoms with Gasteiger partial charge in [-0.1, -0.05) is 40.2 Å². The molecule has 0 aromatic heterocycles. The molecular formula is C24H22BrN3O4. The SMILES string of the molecule is COc1cc(/C=N/NC(=O)C(=O)Nc2ccc(Br)cc2)ccc1OCc1ccccc1C. The lowest BCUT2D eigenvalue weighted by atomic mass is 10.1. The first kappa shape index (κ1) is 23.0. The zero-order valence-electron chi connectivity index (χ0n) is 17.6. The van der Waals surface area contributed by atoms with Crippen molar-refractivity contribution in [2.75, 3.05) is 12.4 Å². The summed E-state index contributed by atoms with van der Waals surface area (Å²) < 4.78 is 12.2. The van der Waals surface area contributed by atoms with Gasteiger partial charge < -0.3 is 14.8 Å². The Hall–Kier alpha value is -3.65. The summed E-state index contributed by atoms with van der Waals surface area (Å²) in [4.78, 5) is 23.9. The van der Waals surface area contributed by atoms with Crippen molar-refractivity contribution in [3.8, 4) is 11.5 Å². The van der Waals surface area contributed by atoms with E-state index in [1.54, 1.807) is 49.6 Å². The van der Waals surface area contributed by atoms with E-state index in [1.165, 1.54) is 6.21 Å². The molecule has 0 saturated heterocycles. The summed E-state index contributed by atoms with van der Waals surface area (Å²) in [5.74, 6) is -0.580. The fraction of sp³-hybridized carbons (Fsp3) is 0.125. The van der Waals surface area contributed by atoms with Crippen molar-refractivity contribution in [1.82, 2.24) is 5.43 Å². The zero-order chi connectivity index (χ0) is 22.9. The van der Waals surface area contributed by atoms with E-state index in [4.69, 9.17) is 9.47 Å². The van der Waals surface area contributed by atoms with Crippen LogP contribution in [-0.2, 0) is 16.2 Å². The van der Waals surface area contributed by atoms with Crippen LogP contribution in [0.2, 0.25) is 0 Å². The predicted octanol–water partition coefficient (Wildman–Crippen LogP) is 4.43. The van der Waals surface area contributed by atoms with Crippen LogP contribution in [0.15, 0.2) is 76.3 Å². The van der Waals surface area contributed by atoms with Crippen molar-refractivity contribution in [3.63, 3.8) is 0 Å². The second-order valence-corrected chi connectivity index (χ2v) is 7.70. The van der Waals surface area contributed by atoms with Crippen LogP contribution in [0, 0.1) is 6.92 Å². The van der Waals surface area contributed by atoms with Crippen molar-refractivity contribution in [2.45, 2.75) is 13.5 Å². The fourth-order valence-corrected chi connectivity index (χ4v) is 3.01. The largest absolute Gasteiger partial charge is 0.493 e. The number of ether oxygens (including phenoxy) is 2. The number of benzene rings is 3. The highest BCUT2D eigenvalue weighted by molar-refractivity contribution is 9.10. The van der Waals surface area contributed by atoms with E-state index in [0.717, 1.165) is 15.6 Å². The minimum Gasteiger partial charge on any atom is -0.493 e. The van der Waals surface area contributed by atoms with Gasteiger partial charge >= 0.3 is 11.8 Å². The average Bonchev–Trinajstić information content (AvgIpc) is 2.80. The van der Waals surface area contributed by atoms with Crippen molar-refractivity contribution in [3.05, 3.63) is 87.9 Å². The first-order chi connectivity index (χ1) is 15.5. The number of carbonyl (C=O) groups excluding carboxylic acids is 2. The third-order valence-electron chi connectivity index (χ3n) is 4.52. The summed E-state index contributed by atoms with van der Waals surface area (Å²) in [6.07, 6.45) is 1.42. The summed E-state index contributed by atoms with van der Waals surface area (Å²) in [6.45, 7) is 2.45. The van der Waals surface area contributed by atoms with Crippen LogP contribution in [-0.4, -0.2) is 25.1 Å². The highest BCUT2D eigenvalue weighted by Gasteiger charge is 2.13. The molecule has 0 bridgehead atoms. The monoisotopic (exact) mass is 495 g/mol. The summed E-state index contributed by atoms with van der Waals surface area (Å²) >= 11 is 3.31. The van der Waals surface area contributed by atoms with Crippen LogP contribution in [0.1, 0.15) is 16.7 Å². The third kappa shape index (κ3) is 6.42. The number of methoxy groups -OCH3 is 1. The van der Waals surface area contributed by atoms with E-state index in [0.29, 0.717) is 29.4 Å². The number of aryl methyl sites for hydroxylation is 1. The molecule has 0 fully saturated rings. The first-order valence-electron chi connectivity index (χ1n) is 9.71. The molecule has 3 aromatic rings. The van der Waals surface area contributed by atoms with Gasteiger partial charge in [0.1, 0.15) is 6.61 Å². The number of rotatable bonds is 7. The number of nitrogens with one attached hydrogen (secondary N) is 2. The number of hydrogen-bond donors (Lipinski definition) is 2. The van der Waals surface area contributed by atoms with Crippen molar-refractivity contribution >= 4 is 39.6 Å². The van der Waals surface area contributed by atoms with Gasteiger partial charge in [-0.15, -0.1) is 0 Å². The van der Waals surface area contributed by atoms with Crippen LogP contribution >= 0.6 is 15.9 Å². The van der Waals surface area contributed by atoms with Gasteiger partial charge in [0, 0.05) is 10.2 Å². The summed E-state index contributed by atoms with van der Waals surface area (Å²) in [7, 11) is 1.55. The summed E-state index contributed by atoms with van der Waals surface area (Å²) in [5, 5.41) is 6.33. The number of hydrazone groups is 1. The molecule has 0 saturated carbocycles. The molecule has 2 N–H and O–H groups in total. The maximum absolute atomic E-state index is 12.0. The quantitative estimate of drug-likeness (QED) is 0.288. The Kier molecular flexibility index (Phi) is 7.99. The smallest absolute Gasteiger partial charge is 0.329 e. The Labute approximate surface area is 194 Å². The third-order valence-corrected chi connectivity index (χ3v) is 5.05. The Balaban J connectivity index is 1.57. The van der Waals surface area contributed by atoms with Gasteiger partial charge in [0.05, 0.1) is 13.3 Å². The Morgan fingerprint density at radius 1 is 1.00 bits per heavy atom. The molecule has 32 heavy (non-hydrogen) atoms. The molecule has 164 valence electrons. The lowest BCUT2D eigenvalue weighted by Crippen LogP contribution is -2.32. The van der Waals surface area contributed by atoms with Gasteiger partial charge in [-0.25, -0.2) is 5.43 Å². The van der Waals surface area contributed by atoms with E-state index in [2.05, 4.69) is 31.8 Å². The normalized spacial score (nSPS) is 10.6. The number of anilines is 1. The van der Waals surface area contributed by atoms with Crippen LogP contribution in [0.4, 0.5) is 5.69 Å². The number of halogens is 1. The van der Waals surface area contributed by atoms with E-state index in [1.807, 2.05) is 31.2 Å². The molecule has 0 radical (unpaired) electrons.